The second-order valence-electron chi connectivity index (χ2n) is 7.09. The summed E-state index contributed by atoms with van der Waals surface area (Å²) in [6.07, 6.45) is 4.73. The first-order chi connectivity index (χ1) is 14.1. The lowest BCUT2D eigenvalue weighted by Crippen LogP contribution is -2.38. The Hall–Kier alpha value is -2.76. The van der Waals surface area contributed by atoms with Gasteiger partial charge in [-0.1, -0.05) is 25.1 Å². The van der Waals surface area contributed by atoms with E-state index in [-0.39, 0.29) is 5.56 Å². The molecule has 1 unspecified atom stereocenters. The maximum Gasteiger partial charge on any atom is 0.250 e. The molecule has 1 atom stereocenters. The first-order valence-electron chi connectivity index (χ1n) is 10.5. The molecular formula is C23H34N4O2. The Bertz CT molecular complexity index is 799. The van der Waals surface area contributed by atoms with Gasteiger partial charge in [-0.15, -0.1) is 0 Å². The molecular weight excluding hydrogens is 364 g/mol. The molecule has 0 aliphatic carbocycles. The van der Waals surface area contributed by atoms with Crippen molar-refractivity contribution in [1.29, 1.82) is 0 Å². The van der Waals surface area contributed by atoms with Gasteiger partial charge in [0.25, 0.3) is 0 Å². The zero-order valence-electron chi connectivity index (χ0n) is 17.9. The van der Waals surface area contributed by atoms with Crippen LogP contribution in [0.25, 0.3) is 0 Å². The monoisotopic (exact) mass is 398 g/mol. The molecule has 2 rings (SSSR count). The van der Waals surface area contributed by atoms with Crippen molar-refractivity contribution in [1.82, 2.24) is 15.2 Å². The minimum atomic E-state index is 0.0528. The molecule has 29 heavy (non-hydrogen) atoms. The summed E-state index contributed by atoms with van der Waals surface area (Å²) in [5.74, 6) is 2.20. The Morgan fingerprint density at radius 3 is 2.62 bits per heavy atom. The predicted molar refractivity (Wildman–Crippen MR) is 120 cm³/mol. The van der Waals surface area contributed by atoms with E-state index >= 15 is 0 Å². The van der Waals surface area contributed by atoms with Crippen LogP contribution >= 0.6 is 0 Å². The molecule has 6 nitrogen and oxygen atoms in total. The maximum atomic E-state index is 11.7. The van der Waals surface area contributed by atoms with Crippen LogP contribution in [0.5, 0.6) is 5.75 Å². The molecule has 0 radical (unpaired) electrons. The van der Waals surface area contributed by atoms with Gasteiger partial charge in [0.05, 0.1) is 7.11 Å². The van der Waals surface area contributed by atoms with Crippen LogP contribution in [0.3, 0.4) is 0 Å². The van der Waals surface area contributed by atoms with Gasteiger partial charge in [0.2, 0.25) is 5.56 Å². The number of aliphatic imine (C=N–C) groups is 1. The van der Waals surface area contributed by atoms with E-state index in [0.29, 0.717) is 5.92 Å². The Morgan fingerprint density at radius 1 is 1.14 bits per heavy atom. The summed E-state index contributed by atoms with van der Waals surface area (Å²) in [5, 5.41) is 6.72. The van der Waals surface area contributed by atoms with Gasteiger partial charge >= 0.3 is 0 Å². The highest BCUT2D eigenvalue weighted by molar-refractivity contribution is 5.79. The van der Waals surface area contributed by atoms with Gasteiger partial charge in [0.1, 0.15) is 5.75 Å². The molecule has 2 N–H and O–H groups in total. The third kappa shape index (κ3) is 8.02. The number of hydrogen-bond acceptors (Lipinski definition) is 3. The van der Waals surface area contributed by atoms with Crippen LogP contribution in [-0.2, 0) is 6.54 Å². The molecule has 0 fully saturated rings. The first kappa shape index (κ1) is 22.5. The molecule has 1 aromatic carbocycles. The highest BCUT2D eigenvalue weighted by Gasteiger charge is 2.06. The number of rotatable bonds is 11. The fraction of sp³-hybridized carbons (Fsp3) is 0.478. The number of pyridine rings is 1. The minimum absolute atomic E-state index is 0.0528. The molecule has 2 aromatic rings. The quantitative estimate of drug-likeness (QED) is 0.346. The number of methoxy groups -OCH3 is 1. The van der Waals surface area contributed by atoms with Crippen molar-refractivity contribution in [2.24, 2.45) is 4.99 Å². The summed E-state index contributed by atoms with van der Waals surface area (Å²) in [7, 11) is 1.69. The molecule has 0 spiro atoms. The van der Waals surface area contributed by atoms with Crippen molar-refractivity contribution >= 4 is 5.96 Å². The lowest BCUT2D eigenvalue weighted by molar-refractivity contribution is 0.414. The number of hydrogen-bond donors (Lipinski definition) is 2. The maximum absolute atomic E-state index is 11.7. The summed E-state index contributed by atoms with van der Waals surface area (Å²) in [6, 6.07) is 13.5. The number of unbranched alkanes of at least 4 members (excludes halogenated alkanes) is 1. The molecule has 158 valence electrons. The highest BCUT2D eigenvalue weighted by Crippen LogP contribution is 2.21. The minimum Gasteiger partial charge on any atom is -0.497 e. The van der Waals surface area contributed by atoms with E-state index < -0.39 is 0 Å². The fourth-order valence-corrected chi connectivity index (χ4v) is 3.08. The van der Waals surface area contributed by atoms with Gasteiger partial charge in [-0.2, -0.15) is 0 Å². The molecule has 0 saturated heterocycles. The average molecular weight is 399 g/mol. The zero-order chi connectivity index (χ0) is 20.9. The van der Waals surface area contributed by atoms with E-state index in [1.54, 1.807) is 23.8 Å². The van der Waals surface area contributed by atoms with Crippen molar-refractivity contribution in [3.63, 3.8) is 0 Å². The number of benzene rings is 1. The predicted octanol–water partition coefficient (Wildman–Crippen LogP) is 3.39. The molecule has 0 aliphatic rings. The molecule has 0 saturated carbocycles. The van der Waals surface area contributed by atoms with E-state index in [0.717, 1.165) is 57.2 Å². The molecule has 0 bridgehead atoms. The van der Waals surface area contributed by atoms with Gasteiger partial charge in [-0.05, 0) is 55.9 Å². The topological polar surface area (TPSA) is 67.7 Å². The normalized spacial score (nSPS) is 12.4. The third-order valence-corrected chi connectivity index (χ3v) is 4.87. The third-order valence-electron chi connectivity index (χ3n) is 4.87. The fourth-order valence-electron chi connectivity index (χ4n) is 3.08. The van der Waals surface area contributed by atoms with Crippen LogP contribution < -0.4 is 20.9 Å². The lowest BCUT2D eigenvalue weighted by Gasteiger charge is -2.15. The lowest BCUT2D eigenvalue weighted by atomic mass is 9.98. The summed E-state index contributed by atoms with van der Waals surface area (Å²) in [6.45, 7) is 7.47. The van der Waals surface area contributed by atoms with E-state index in [9.17, 15) is 4.79 Å². The van der Waals surface area contributed by atoms with E-state index in [4.69, 9.17) is 4.74 Å². The van der Waals surface area contributed by atoms with Crippen molar-refractivity contribution in [3.05, 3.63) is 64.6 Å². The Labute approximate surface area is 174 Å². The highest BCUT2D eigenvalue weighted by atomic mass is 16.5. The smallest absolute Gasteiger partial charge is 0.250 e. The average Bonchev–Trinajstić information content (AvgIpc) is 2.74. The Balaban J connectivity index is 1.72. The molecule has 0 aliphatic heterocycles. The summed E-state index contributed by atoms with van der Waals surface area (Å²) in [5.41, 5.74) is 1.36. The summed E-state index contributed by atoms with van der Waals surface area (Å²) >= 11 is 0. The molecule has 1 heterocycles. The van der Waals surface area contributed by atoms with E-state index in [2.05, 4.69) is 41.6 Å². The van der Waals surface area contributed by atoms with Gasteiger partial charge in [0.15, 0.2) is 5.96 Å². The van der Waals surface area contributed by atoms with E-state index in [1.807, 2.05) is 24.4 Å². The van der Waals surface area contributed by atoms with E-state index in [1.165, 1.54) is 5.56 Å². The van der Waals surface area contributed by atoms with Crippen LogP contribution in [0.4, 0.5) is 0 Å². The number of aryl methyl sites for hydroxylation is 1. The second kappa shape index (κ2) is 12.6. The van der Waals surface area contributed by atoms with Crippen LogP contribution in [0.15, 0.2) is 58.4 Å². The zero-order valence-corrected chi connectivity index (χ0v) is 17.9. The molecule has 1 aromatic heterocycles. The molecule has 0 amide bonds. The second-order valence-corrected chi connectivity index (χ2v) is 7.09. The van der Waals surface area contributed by atoms with Gasteiger partial charge in [-0.25, -0.2) is 0 Å². The van der Waals surface area contributed by atoms with Crippen LogP contribution in [0, 0.1) is 0 Å². The van der Waals surface area contributed by atoms with Crippen LogP contribution in [-0.4, -0.2) is 37.3 Å². The van der Waals surface area contributed by atoms with Gasteiger partial charge in [-0.3, -0.25) is 9.79 Å². The van der Waals surface area contributed by atoms with Crippen molar-refractivity contribution < 1.29 is 4.74 Å². The first-order valence-corrected chi connectivity index (χ1v) is 10.5. The number of aromatic nitrogens is 1. The SMILES string of the molecule is CCNC(=NCCCCn1ccccc1=O)NCCC(C)c1ccc(OC)cc1. The Morgan fingerprint density at radius 2 is 1.93 bits per heavy atom. The standard InChI is InChI=1S/C23H34N4O2/c1-4-24-23(25-15-6-8-18-27-17-7-5-9-22(27)28)26-16-14-19(2)20-10-12-21(29-3)13-11-20/h5,7,9-13,17,19H,4,6,8,14-16,18H2,1-3H3,(H2,24,25,26). The number of guanidine groups is 1. The number of ether oxygens (including phenoxy) is 1. The van der Waals surface area contributed by atoms with Crippen molar-refractivity contribution in [2.75, 3.05) is 26.7 Å². The van der Waals surface area contributed by atoms with Crippen molar-refractivity contribution in [3.8, 4) is 5.75 Å². The summed E-state index contributed by atoms with van der Waals surface area (Å²) < 4.78 is 6.96. The van der Waals surface area contributed by atoms with Crippen LogP contribution in [0.2, 0.25) is 0 Å². The van der Waals surface area contributed by atoms with Gasteiger partial charge in [0, 0.05) is 38.4 Å². The van der Waals surface area contributed by atoms with Gasteiger partial charge < -0.3 is 19.9 Å². The number of nitrogens with zero attached hydrogens (tertiary/aromatic N) is 2. The van der Waals surface area contributed by atoms with Crippen molar-refractivity contribution in [2.45, 2.75) is 45.6 Å². The van der Waals surface area contributed by atoms with Crippen LogP contribution in [0.1, 0.15) is 44.6 Å². The largest absolute Gasteiger partial charge is 0.497 e. The Kier molecular flexibility index (Phi) is 9.83. The number of nitrogens with one attached hydrogen (secondary N) is 2. The molecule has 6 heteroatoms. The summed E-state index contributed by atoms with van der Waals surface area (Å²) in [4.78, 5) is 16.3.